The minimum atomic E-state index is -0.206. The van der Waals surface area contributed by atoms with Crippen LogP contribution in [-0.2, 0) is 24.2 Å². The molecule has 1 amide bonds. The smallest absolute Gasteiger partial charge is 0.219 e. The summed E-state index contributed by atoms with van der Waals surface area (Å²) in [6.07, 6.45) is 4.44. The maximum absolute atomic E-state index is 14.8. The quantitative estimate of drug-likeness (QED) is 0.784. The van der Waals surface area contributed by atoms with E-state index in [1.54, 1.807) is 17.9 Å². The van der Waals surface area contributed by atoms with Crippen LogP contribution in [-0.4, -0.2) is 41.4 Å². The standard InChI is InChI=1S/C24H29FN2O/c1-17-4-3-11-26(17)12-9-19-5-7-20(8-6-19)23-14-21-10-13-27(18(2)28)16-22(21)15-24(23)25/h5-8,14-15,17H,3-4,9-13,16H2,1-2H3/t17-/m1/s1. The first-order valence-electron chi connectivity index (χ1n) is 10.4. The number of rotatable bonds is 4. The van der Waals surface area contributed by atoms with E-state index in [1.165, 1.54) is 24.9 Å². The van der Waals surface area contributed by atoms with Crippen LogP contribution in [0.1, 0.15) is 43.4 Å². The minimum Gasteiger partial charge on any atom is -0.338 e. The molecule has 2 heterocycles. The van der Waals surface area contributed by atoms with Crippen molar-refractivity contribution >= 4 is 5.91 Å². The van der Waals surface area contributed by atoms with Gasteiger partial charge in [0.05, 0.1) is 0 Å². The second kappa shape index (κ2) is 8.04. The van der Waals surface area contributed by atoms with Gasteiger partial charge in [0, 0.05) is 38.2 Å². The van der Waals surface area contributed by atoms with E-state index in [0.29, 0.717) is 24.7 Å². The Kier molecular flexibility index (Phi) is 5.49. The summed E-state index contributed by atoms with van der Waals surface area (Å²) in [6, 6.07) is 12.6. The van der Waals surface area contributed by atoms with Gasteiger partial charge in [-0.05, 0) is 73.5 Å². The number of fused-ring (bicyclic) bond motifs is 1. The van der Waals surface area contributed by atoms with Gasteiger partial charge in [0.2, 0.25) is 5.91 Å². The summed E-state index contributed by atoms with van der Waals surface area (Å²) in [5, 5.41) is 0. The van der Waals surface area contributed by atoms with E-state index in [1.807, 2.05) is 18.2 Å². The van der Waals surface area contributed by atoms with Gasteiger partial charge in [0.15, 0.2) is 0 Å². The molecule has 0 radical (unpaired) electrons. The predicted octanol–water partition coefficient (Wildman–Crippen LogP) is 4.42. The molecule has 4 rings (SSSR count). The van der Waals surface area contributed by atoms with E-state index in [9.17, 15) is 9.18 Å². The fourth-order valence-corrected chi connectivity index (χ4v) is 4.52. The van der Waals surface area contributed by atoms with Crippen LogP contribution in [0.5, 0.6) is 0 Å². The minimum absolute atomic E-state index is 0.0500. The molecular weight excluding hydrogens is 351 g/mol. The van der Waals surface area contributed by atoms with E-state index in [-0.39, 0.29) is 11.7 Å². The molecule has 0 N–H and O–H groups in total. The van der Waals surface area contributed by atoms with Crippen LogP contribution >= 0.6 is 0 Å². The third-order valence-electron chi connectivity index (χ3n) is 6.39. The molecule has 0 aliphatic carbocycles. The zero-order valence-electron chi connectivity index (χ0n) is 16.9. The third kappa shape index (κ3) is 3.97. The van der Waals surface area contributed by atoms with Crippen molar-refractivity contribution in [3.05, 3.63) is 58.9 Å². The molecular formula is C24H29FN2O. The monoisotopic (exact) mass is 380 g/mol. The van der Waals surface area contributed by atoms with Crippen molar-refractivity contribution in [1.82, 2.24) is 9.80 Å². The number of nitrogens with zero attached hydrogens (tertiary/aromatic N) is 2. The number of amides is 1. The highest BCUT2D eigenvalue weighted by Crippen LogP contribution is 2.29. The Balaban J connectivity index is 1.48. The highest BCUT2D eigenvalue weighted by molar-refractivity contribution is 5.74. The highest BCUT2D eigenvalue weighted by atomic mass is 19.1. The molecule has 4 heteroatoms. The summed E-state index contributed by atoms with van der Waals surface area (Å²) in [7, 11) is 0. The number of carbonyl (C=O) groups is 1. The molecule has 0 bridgehead atoms. The molecule has 2 aliphatic rings. The van der Waals surface area contributed by atoms with Crippen LogP contribution in [0.15, 0.2) is 36.4 Å². The Morgan fingerprint density at radius 2 is 1.93 bits per heavy atom. The van der Waals surface area contributed by atoms with E-state index in [2.05, 4.69) is 24.0 Å². The summed E-state index contributed by atoms with van der Waals surface area (Å²) >= 11 is 0. The number of halogens is 1. The predicted molar refractivity (Wildman–Crippen MR) is 111 cm³/mol. The largest absolute Gasteiger partial charge is 0.338 e. The number of hydrogen-bond acceptors (Lipinski definition) is 2. The fraction of sp³-hybridized carbons (Fsp3) is 0.458. The Bertz CT molecular complexity index is 862. The molecule has 0 aromatic heterocycles. The van der Waals surface area contributed by atoms with Crippen molar-refractivity contribution in [3.8, 4) is 11.1 Å². The lowest BCUT2D eigenvalue weighted by atomic mass is 9.93. The van der Waals surface area contributed by atoms with Gasteiger partial charge in [-0.15, -0.1) is 0 Å². The van der Waals surface area contributed by atoms with Gasteiger partial charge >= 0.3 is 0 Å². The number of benzene rings is 2. The zero-order chi connectivity index (χ0) is 19.7. The van der Waals surface area contributed by atoms with Gasteiger partial charge in [-0.1, -0.05) is 24.3 Å². The van der Waals surface area contributed by atoms with Crippen molar-refractivity contribution in [2.75, 3.05) is 19.6 Å². The van der Waals surface area contributed by atoms with E-state index < -0.39 is 0 Å². The number of carbonyl (C=O) groups excluding carboxylic acids is 1. The lowest BCUT2D eigenvalue weighted by molar-refractivity contribution is -0.129. The zero-order valence-corrected chi connectivity index (χ0v) is 16.9. The van der Waals surface area contributed by atoms with Gasteiger partial charge in [0.25, 0.3) is 0 Å². The maximum Gasteiger partial charge on any atom is 0.219 e. The first-order valence-corrected chi connectivity index (χ1v) is 10.4. The molecule has 0 unspecified atom stereocenters. The summed E-state index contributed by atoms with van der Waals surface area (Å²) in [5.41, 5.74) is 4.97. The molecule has 28 heavy (non-hydrogen) atoms. The average Bonchev–Trinajstić information content (AvgIpc) is 3.10. The van der Waals surface area contributed by atoms with Crippen LogP contribution in [0.4, 0.5) is 4.39 Å². The first kappa shape index (κ1) is 19.1. The SMILES string of the molecule is CC(=O)N1CCc2cc(-c3ccc(CCN4CCC[C@H]4C)cc3)c(F)cc2C1. The lowest BCUT2D eigenvalue weighted by Gasteiger charge is -2.28. The average molecular weight is 381 g/mol. The Morgan fingerprint density at radius 3 is 2.61 bits per heavy atom. The van der Waals surface area contributed by atoms with Crippen molar-refractivity contribution in [2.24, 2.45) is 0 Å². The molecule has 148 valence electrons. The summed E-state index contributed by atoms with van der Waals surface area (Å²) in [6.45, 7) is 7.41. The lowest BCUT2D eigenvalue weighted by Crippen LogP contribution is -2.34. The van der Waals surface area contributed by atoms with Crippen LogP contribution in [0.3, 0.4) is 0 Å². The molecule has 2 aromatic carbocycles. The molecule has 2 aliphatic heterocycles. The van der Waals surface area contributed by atoms with Crippen molar-refractivity contribution < 1.29 is 9.18 Å². The second-order valence-electron chi connectivity index (χ2n) is 8.27. The summed E-state index contributed by atoms with van der Waals surface area (Å²) < 4.78 is 14.8. The van der Waals surface area contributed by atoms with Gasteiger partial charge in [-0.25, -0.2) is 4.39 Å². The molecule has 1 fully saturated rings. The van der Waals surface area contributed by atoms with Gasteiger partial charge in [-0.3, -0.25) is 4.79 Å². The summed E-state index contributed by atoms with van der Waals surface area (Å²) in [5.74, 6) is -0.156. The van der Waals surface area contributed by atoms with Crippen molar-refractivity contribution in [1.29, 1.82) is 0 Å². The van der Waals surface area contributed by atoms with E-state index >= 15 is 0 Å². The Labute approximate surface area is 167 Å². The van der Waals surface area contributed by atoms with Gasteiger partial charge < -0.3 is 9.80 Å². The molecule has 1 atom stereocenters. The second-order valence-corrected chi connectivity index (χ2v) is 8.27. The summed E-state index contributed by atoms with van der Waals surface area (Å²) in [4.78, 5) is 15.9. The van der Waals surface area contributed by atoms with Gasteiger partial charge in [-0.2, -0.15) is 0 Å². The van der Waals surface area contributed by atoms with E-state index in [0.717, 1.165) is 36.1 Å². The Hall–Kier alpha value is -2.20. The van der Waals surface area contributed by atoms with Crippen LogP contribution < -0.4 is 0 Å². The molecule has 2 aromatic rings. The van der Waals surface area contributed by atoms with Crippen molar-refractivity contribution in [2.45, 2.75) is 52.1 Å². The van der Waals surface area contributed by atoms with E-state index in [4.69, 9.17) is 0 Å². The molecule has 0 spiro atoms. The number of hydrogen-bond donors (Lipinski definition) is 0. The fourth-order valence-electron chi connectivity index (χ4n) is 4.52. The first-order chi connectivity index (χ1) is 13.5. The topological polar surface area (TPSA) is 23.6 Å². The molecule has 3 nitrogen and oxygen atoms in total. The number of likely N-dealkylation sites (tertiary alicyclic amines) is 1. The van der Waals surface area contributed by atoms with Crippen LogP contribution in [0, 0.1) is 5.82 Å². The third-order valence-corrected chi connectivity index (χ3v) is 6.39. The Morgan fingerprint density at radius 1 is 1.14 bits per heavy atom. The van der Waals surface area contributed by atoms with Crippen LogP contribution in [0.25, 0.3) is 11.1 Å². The van der Waals surface area contributed by atoms with Crippen molar-refractivity contribution in [3.63, 3.8) is 0 Å². The highest BCUT2D eigenvalue weighted by Gasteiger charge is 2.21. The van der Waals surface area contributed by atoms with Gasteiger partial charge in [0.1, 0.15) is 5.82 Å². The molecule has 1 saturated heterocycles. The van der Waals surface area contributed by atoms with Crippen LogP contribution in [0.2, 0.25) is 0 Å². The maximum atomic E-state index is 14.8. The molecule has 0 saturated carbocycles. The normalized spacial score (nSPS) is 19.7.